The molecule has 1 atom stereocenters. The third-order valence-electron chi connectivity index (χ3n) is 3.64. The summed E-state index contributed by atoms with van der Waals surface area (Å²) in [5.74, 6) is -0.296. The largest absolute Gasteiger partial charge is 0.384 e. The van der Waals surface area contributed by atoms with Crippen LogP contribution >= 0.6 is 23.2 Å². The molecule has 1 aliphatic rings. The molecule has 116 valence electrons. The van der Waals surface area contributed by atoms with Crippen molar-refractivity contribution in [3.05, 3.63) is 33.8 Å². The fourth-order valence-electron chi connectivity index (χ4n) is 2.52. The van der Waals surface area contributed by atoms with Gasteiger partial charge in [0.15, 0.2) is 0 Å². The Bertz CT molecular complexity index is 480. The van der Waals surface area contributed by atoms with Crippen molar-refractivity contribution in [2.24, 2.45) is 0 Å². The highest BCUT2D eigenvalue weighted by atomic mass is 35.5. The third kappa shape index (κ3) is 5.15. The number of carbonyl (C=O) groups excluding carboxylic acids is 1. The average molecular weight is 331 g/mol. The number of hydrogen-bond donors (Lipinski definition) is 2. The van der Waals surface area contributed by atoms with Crippen molar-refractivity contribution in [1.29, 1.82) is 0 Å². The monoisotopic (exact) mass is 330 g/mol. The first kappa shape index (κ1) is 16.6. The minimum Gasteiger partial charge on any atom is -0.384 e. The summed E-state index contributed by atoms with van der Waals surface area (Å²) in [6.45, 7) is 4.08. The van der Waals surface area contributed by atoms with Gasteiger partial charge in [0.25, 0.3) is 0 Å². The van der Waals surface area contributed by atoms with E-state index in [1.165, 1.54) is 6.92 Å². The van der Waals surface area contributed by atoms with Crippen LogP contribution in [0.4, 0.5) is 0 Å². The van der Waals surface area contributed by atoms with Gasteiger partial charge in [-0.25, -0.2) is 0 Å². The molecular formula is C15H20Cl2N2O2. The van der Waals surface area contributed by atoms with Crippen molar-refractivity contribution in [3.8, 4) is 0 Å². The minimum atomic E-state index is -0.948. The number of benzene rings is 1. The molecule has 0 radical (unpaired) electrons. The summed E-state index contributed by atoms with van der Waals surface area (Å²) in [5.41, 5.74) is 1.10. The SMILES string of the molecule is C[C@@H](O)C(=O)NC1CCN(Cc2cc(Cl)cc(Cl)c2)CC1. The molecule has 1 heterocycles. The molecule has 4 nitrogen and oxygen atoms in total. The number of aliphatic hydroxyl groups is 1. The quantitative estimate of drug-likeness (QED) is 0.891. The molecule has 2 N–H and O–H groups in total. The zero-order valence-corrected chi connectivity index (χ0v) is 13.5. The maximum absolute atomic E-state index is 11.5. The summed E-state index contributed by atoms with van der Waals surface area (Å²) in [5, 5.41) is 13.4. The Hall–Kier alpha value is -0.810. The molecule has 1 aromatic rings. The average Bonchev–Trinajstić information content (AvgIpc) is 2.39. The van der Waals surface area contributed by atoms with Crippen LogP contribution in [0.5, 0.6) is 0 Å². The fraction of sp³-hybridized carbons (Fsp3) is 0.533. The Balaban J connectivity index is 1.82. The lowest BCUT2D eigenvalue weighted by Crippen LogP contribution is -2.46. The van der Waals surface area contributed by atoms with Crippen LogP contribution in [0.15, 0.2) is 18.2 Å². The fourth-order valence-corrected chi connectivity index (χ4v) is 3.09. The van der Waals surface area contributed by atoms with Crippen molar-refractivity contribution < 1.29 is 9.90 Å². The van der Waals surface area contributed by atoms with Crippen LogP contribution in [0.3, 0.4) is 0 Å². The lowest BCUT2D eigenvalue weighted by atomic mass is 10.0. The van der Waals surface area contributed by atoms with Crippen LogP contribution in [0.2, 0.25) is 10.0 Å². The molecular weight excluding hydrogens is 311 g/mol. The van der Waals surface area contributed by atoms with E-state index in [1.807, 2.05) is 12.1 Å². The van der Waals surface area contributed by atoms with Gasteiger partial charge in [0.05, 0.1) is 0 Å². The Kier molecular flexibility index (Phi) is 5.88. The Morgan fingerprint density at radius 2 is 1.90 bits per heavy atom. The van der Waals surface area contributed by atoms with E-state index in [1.54, 1.807) is 6.07 Å². The van der Waals surface area contributed by atoms with E-state index >= 15 is 0 Å². The van der Waals surface area contributed by atoms with E-state index in [2.05, 4.69) is 10.2 Å². The molecule has 1 aliphatic heterocycles. The second-order valence-corrected chi connectivity index (χ2v) is 6.39. The maximum Gasteiger partial charge on any atom is 0.248 e. The van der Waals surface area contributed by atoms with Gasteiger partial charge in [-0.3, -0.25) is 9.69 Å². The molecule has 1 amide bonds. The number of hydrogen-bond acceptors (Lipinski definition) is 3. The number of amides is 1. The van der Waals surface area contributed by atoms with Gasteiger partial charge in [0.2, 0.25) is 5.91 Å². The van der Waals surface area contributed by atoms with Crippen LogP contribution in [0.1, 0.15) is 25.3 Å². The number of halogens is 2. The number of likely N-dealkylation sites (tertiary alicyclic amines) is 1. The van der Waals surface area contributed by atoms with Gasteiger partial charge in [0, 0.05) is 35.7 Å². The molecule has 2 rings (SSSR count). The van der Waals surface area contributed by atoms with Crippen LogP contribution in [0.25, 0.3) is 0 Å². The van der Waals surface area contributed by atoms with E-state index in [4.69, 9.17) is 23.2 Å². The number of aliphatic hydroxyl groups excluding tert-OH is 1. The summed E-state index contributed by atoms with van der Waals surface area (Å²) in [4.78, 5) is 13.8. The van der Waals surface area contributed by atoms with Gasteiger partial charge >= 0.3 is 0 Å². The van der Waals surface area contributed by atoms with Crippen LogP contribution < -0.4 is 5.32 Å². The van der Waals surface area contributed by atoms with Gasteiger partial charge in [-0.05, 0) is 43.5 Å². The molecule has 1 aromatic carbocycles. The second-order valence-electron chi connectivity index (χ2n) is 5.51. The molecule has 0 saturated carbocycles. The zero-order chi connectivity index (χ0) is 15.4. The van der Waals surface area contributed by atoms with Crippen molar-refractivity contribution in [3.63, 3.8) is 0 Å². The van der Waals surface area contributed by atoms with E-state index in [9.17, 15) is 9.90 Å². The standard InChI is InChI=1S/C15H20Cl2N2O2/c1-10(20)15(21)18-14-2-4-19(5-3-14)9-11-6-12(16)8-13(17)7-11/h6-8,10,14,20H,2-5,9H2,1H3,(H,18,21)/t10-/m1/s1. The molecule has 0 unspecified atom stereocenters. The smallest absolute Gasteiger partial charge is 0.248 e. The number of piperidine rings is 1. The molecule has 1 fully saturated rings. The van der Waals surface area contributed by atoms with E-state index < -0.39 is 6.10 Å². The highest BCUT2D eigenvalue weighted by Crippen LogP contribution is 2.21. The molecule has 1 saturated heterocycles. The van der Waals surface area contributed by atoms with Crippen LogP contribution in [-0.2, 0) is 11.3 Å². The Morgan fingerprint density at radius 1 is 1.33 bits per heavy atom. The second kappa shape index (κ2) is 7.45. The van der Waals surface area contributed by atoms with Crippen molar-refractivity contribution in [2.75, 3.05) is 13.1 Å². The third-order valence-corrected chi connectivity index (χ3v) is 4.08. The summed E-state index contributed by atoms with van der Waals surface area (Å²) < 4.78 is 0. The summed E-state index contributed by atoms with van der Waals surface area (Å²) in [6, 6.07) is 5.72. The summed E-state index contributed by atoms with van der Waals surface area (Å²) >= 11 is 12.0. The molecule has 6 heteroatoms. The van der Waals surface area contributed by atoms with Crippen LogP contribution in [0, 0.1) is 0 Å². The van der Waals surface area contributed by atoms with Gasteiger partial charge in [-0.2, -0.15) is 0 Å². The Morgan fingerprint density at radius 3 is 2.43 bits per heavy atom. The molecule has 0 bridgehead atoms. The minimum absolute atomic E-state index is 0.145. The van der Waals surface area contributed by atoms with Crippen molar-refractivity contribution in [1.82, 2.24) is 10.2 Å². The van der Waals surface area contributed by atoms with Gasteiger partial charge in [0.1, 0.15) is 6.10 Å². The van der Waals surface area contributed by atoms with Crippen LogP contribution in [-0.4, -0.2) is 41.1 Å². The first-order valence-corrected chi connectivity index (χ1v) is 7.85. The summed E-state index contributed by atoms with van der Waals surface area (Å²) in [6.07, 6.45) is 0.816. The van der Waals surface area contributed by atoms with Gasteiger partial charge < -0.3 is 10.4 Å². The highest BCUT2D eigenvalue weighted by molar-refractivity contribution is 6.34. The topological polar surface area (TPSA) is 52.6 Å². The molecule has 0 spiro atoms. The predicted molar refractivity (Wildman–Crippen MR) is 84.6 cm³/mol. The van der Waals surface area contributed by atoms with E-state index in [0.717, 1.165) is 38.0 Å². The number of carbonyl (C=O) groups is 1. The van der Waals surface area contributed by atoms with Gasteiger partial charge in [-0.15, -0.1) is 0 Å². The maximum atomic E-state index is 11.5. The number of rotatable bonds is 4. The van der Waals surface area contributed by atoms with Gasteiger partial charge in [-0.1, -0.05) is 23.2 Å². The first-order chi connectivity index (χ1) is 9.94. The molecule has 21 heavy (non-hydrogen) atoms. The van der Waals surface area contributed by atoms with E-state index in [0.29, 0.717) is 10.0 Å². The molecule has 0 aromatic heterocycles. The number of nitrogens with zero attached hydrogens (tertiary/aromatic N) is 1. The highest BCUT2D eigenvalue weighted by Gasteiger charge is 2.22. The van der Waals surface area contributed by atoms with Crippen molar-refractivity contribution >= 4 is 29.1 Å². The zero-order valence-electron chi connectivity index (χ0n) is 12.0. The summed E-state index contributed by atoms with van der Waals surface area (Å²) in [7, 11) is 0. The lowest BCUT2D eigenvalue weighted by Gasteiger charge is -2.32. The first-order valence-electron chi connectivity index (χ1n) is 7.10. The van der Waals surface area contributed by atoms with Crippen molar-refractivity contribution in [2.45, 2.75) is 38.5 Å². The number of nitrogens with one attached hydrogen (secondary N) is 1. The predicted octanol–water partition coefficient (Wildman–Crippen LogP) is 2.45. The molecule has 0 aliphatic carbocycles. The lowest BCUT2D eigenvalue weighted by molar-refractivity contribution is -0.129. The van der Waals surface area contributed by atoms with E-state index in [-0.39, 0.29) is 11.9 Å². The normalized spacial score (nSPS) is 18.5. The Labute approximate surface area is 135 Å².